The van der Waals surface area contributed by atoms with Gasteiger partial charge in [0.25, 0.3) is 0 Å². The SMILES string of the molecule is N=C(/C=C\c1ncc(-c2cccc(-c3ccnc(NCCO)c3)n2)[nH]1)N1CCC[C@@H]1c1cccc(F)c1. The molecule has 1 aliphatic rings. The Kier molecular flexibility index (Phi) is 7.32. The van der Waals surface area contributed by atoms with E-state index in [1.54, 1.807) is 36.7 Å². The summed E-state index contributed by atoms with van der Waals surface area (Å²) in [4.78, 5) is 18.7. The zero-order valence-electron chi connectivity index (χ0n) is 20.2. The Morgan fingerprint density at radius 3 is 2.89 bits per heavy atom. The van der Waals surface area contributed by atoms with Gasteiger partial charge in [0.15, 0.2) is 0 Å². The lowest BCUT2D eigenvalue weighted by Gasteiger charge is -2.26. The van der Waals surface area contributed by atoms with Gasteiger partial charge >= 0.3 is 0 Å². The number of nitrogens with one attached hydrogen (secondary N) is 3. The van der Waals surface area contributed by atoms with Crippen LogP contribution >= 0.6 is 0 Å². The van der Waals surface area contributed by atoms with E-state index in [9.17, 15) is 4.39 Å². The van der Waals surface area contributed by atoms with Gasteiger partial charge in [0, 0.05) is 24.8 Å². The van der Waals surface area contributed by atoms with Gasteiger partial charge in [-0.15, -0.1) is 0 Å². The number of likely N-dealkylation sites (tertiary alicyclic amines) is 1. The van der Waals surface area contributed by atoms with Crippen LogP contribution in [0.3, 0.4) is 0 Å². The molecule has 0 bridgehead atoms. The van der Waals surface area contributed by atoms with Gasteiger partial charge in [0.1, 0.15) is 23.3 Å². The normalized spacial score (nSPS) is 15.4. The summed E-state index contributed by atoms with van der Waals surface area (Å²) < 4.78 is 13.7. The topological polar surface area (TPSA) is 114 Å². The van der Waals surface area contributed by atoms with Gasteiger partial charge in [-0.05, 0) is 67.0 Å². The van der Waals surface area contributed by atoms with E-state index < -0.39 is 0 Å². The molecule has 1 saturated heterocycles. The average Bonchev–Trinajstić information content (AvgIpc) is 3.61. The van der Waals surface area contributed by atoms with Crippen LogP contribution in [0.5, 0.6) is 0 Å². The Bertz CT molecular complexity index is 1420. The Balaban J connectivity index is 1.29. The Morgan fingerprint density at radius 1 is 1.16 bits per heavy atom. The number of benzene rings is 1. The van der Waals surface area contributed by atoms with Crippen molar-refractivity contribution in [1.82, 2.24) is 24.8 Å². The molecule has 4 heterocycles. The Morgan fingerprint density at radius 2 is 2.03 bits per heavy atom. The summed E-state index contributed by atoms with van der Waals surface area (Å²) in [5.41, 5.74) is 4.10. The minimum absolute atomic E-state index is 0.000469. The molecule has 1 aliphatic heterocycles. The van der Waals surface area contributed by atoms with Crippen molar-refractivity contribution in [2.24, 2.45) is 0 Å². The van der Waals surface area contributed by atoms with E-state index in [-0.39, 0.29) is 18.5 Å². The molecule has 37 heavy (non-hydrogen) atoms. The number of aromatic amines is 1. The summed E-state index contributed by atoms with van der Waals surface area (Å²) in [6.45, 7) is 1.22. The third kappa shape index (κ3) is 5.73. The molecule has 0 radical (unpaired) electrons. The first-order chi connectivity index (χ1) is 18.1. The second-order valence-electron chi connectivity index (χ2n) is 8.80. The maximum atomic E-state index is 13.7. The summed E-state index contributed by atoms with van der Waals surface area (Å²) in [6.07, 6.45) is 8.78. The smallest absolute Gasteiger partial charge is 0.130 e. The predicted molar refractivity (Wildman–Crippen MR) is 142 cm³/mol. The first kappa shape index (κ1) is 24.3. The van der Waals surface area contributed by atoms with Crippen molar-refractivity contribution in [3.05, 3.63) is 90.3 Å². The van der Waals surface area contributed by atoms with E-state index >= 15 is 0 Å². The number of aliphatic hydroxyl groups excluding tert-OH is 1. The number of pyridine rings is 2. The van der Waals surface area contributed by atoms with Crippen LogP contribution in [0.25, 0.3) is 28.7 Å². The second-order valence-corrected chi connectivity index (χ2v) is 8.80. The zero-order valence-corrected chi connectivity index (χ0v) is 20.2. The number of aromatic nitrogens is 4. The number of anilines is 1. The van der Waals surface area contributed by atoms with Crippen LogP contribution in [0, 0.1) is 11.2 Å². The highest BCUT2D eigenvalue weighted by molar-refractivity contribution is 5.94. The number of hydrogen-bond acceptors (Lipinski definition) is 6. The molecule has 8 nitrogen and oxygen atoms in total. The zero-order chi connectivity index (χ0) is 25.6. The van der Waals surface area contributed by atoms with Crippen LogP contribution in [0.4, 0.5) is 10.2 Å². The molecule has 188 valence electrons. The molecule has 4 N–H and O–H groups in total. The summed E-state index contributed by atoms with van der Waals surface area (Å²) in [5, 5.41) is 20.7. The molecule has 0 saturated carbocycles. The maximum absolute atomic E-state index is 13.7. The molecule has 3 aromatic heterocycles. The largest absolute Gasteiger partial charge is 0.395 e. The molecular weight excluding hydrogens is 469 g/mol. The first-order valence-electron chi connectivity index (χ1n) is 12.2. The van der Waals surface area contributed by atoms with Gasteiger partial charge in [-0.2, -0.15) is 0 Å². The fraction of sp³-hybridized carbons (Fsp3) is 0.214. The molecule has 0 spiro atoms. The van der Waals surface area contributed by atoms with E-state index in [1.807, 2.05) is 41.3 Å². The summed E-state index contributed by atoms with van der Waals surface area (Å²) in [5.74, 6) is 1.41. The fourth-order valence-corrected chi connectivity index (χ4v) is 4.54. The summed E-state index contributed by atoms with van der Waals surface area (Å²) in [6, 6.07) is 16.2. The lowest BCUT2D eigenvalue weighted by Crippen LogP contribution is -2.28. The van der Waals surface area contributed by atoms with E-state index in [2.05, 4.69) is 20.3 Å². The highest BCUT2D eigenvalue weighted by Crippen LogP contribution is 2.32. The number of H-pyrrole nitrogens is 1. The number of halogens is 1. The molecule has 9 heteroatoms. The maximum Gasteiger partial charge on any atom is 0.130 e. The first-order valence-corrected chi connectivity index (χ1v) is 12.2. The quantitative estimate of drug-likeness (QED) is 0.203. The van der Waals surface area contributed by atoms with Crippen molar-refractivity contribution in [2.75, 3.05) is 25.0 Å². The number of nitrogens with zero attached hydrogens (tertiary/aromatic N) is 4. The average molecular weight is 498 g/mol. The lowest BCUT2D eigenvalue weighted by molar-refractivity contribution is 0.311. The van der Waals surface area contributed by atoms with Crippen molar-refractivity contribution >= 4 is 17.7 Å². The highest BCUT2D eigenvalue weighted by Gasteiger charge is 2.27. The highest BCUT2D eigenvalue weighted by atomic mass is 19.1. The van der Waals surface area contributed by atoms with Crippen LogP contribution in [0.1, 0.15) is 30.3 Å². The molecule has 1 fully saturated rings. The summed E-state index contributed by atoms with van der Waals surface area (Å²) >= 11 is 0. The monoisotopic (exact) mass is 497 g/mol. The molecule has 5 rings (SSSR count). The molecular formula is C28H28FN7O. The third-order valence-corrected chi connectivity index (χ3v) is 6.29. The number of imidazole rings is 1. The molecule has 0 unspecified atom stereocenters. The van der Waals surface area contributed by atoms with Crippen molar-refractivity contribution in [3.8, 4) is 22.6 Å². The van der Waals surface area contributed by atoms with Crippen molar-refractivity contribution in [2.45, 2.75) is 18.9 Å². The van der Waals surface area contributed by atoms with Crippen LogP contribution in [0.2, 0.25) is 0 Å². The summed E-state index contributed by atoms with van der Waals surface area (Å²) in [7, 11) is 0. The number of rotatable bonds is 8. The van der Waals surface area contributed by atoms with Crippen molar-refractivity contribution < 1.29 is 9.50 Å². The van der Waals surface area contributed by atoms with E-state index in [0.717, 1.165) is 47.6 Å². The Labute approximate surface area is 214 Å². The van der Waals surface area contributed by atoms with Gasteiger partial charge in [-0.3, -0.25) is 5.41 Å². The van der Waals surface area contributed by atoms with E-state index in [4.69, 9.17) is 15.5 Å². The van der Waals surface area contributed by atoms with Crippen LogP contribution in [0.15, 0.2) is 73.1 Å². The van der Waals surface area contributed by atoms with Crippen molar-refractivity contribution in [3.63, 3.8) is 0 Å². The Hall–Kier alpha value is -4.37. The van der Waals surface area contributed by atoms with Gasteiger partial charge < -0.3 is 20.3 Å². The molecule has 4 aromatic rings. The molecule has 1 atom stereocenters. The van der Waals surface area contributed by atoms with E-state index in [0.29, 0.717) is 24.0 Å². The number of amidine groups is 1. The van der Waals surface area contributed by atoms with Gasteiger partial charge in [0.05, 0.1) is 35.9 Å². The minimum Gasteiger partial charge on any atom is -0.395 e. The van der Waals surface area contributed by atoms with Crippen LogP contribution in [-0.2, 0) is 0 Å². The van der Waals surface area contributed by atoms with Gasteiger partial charge in [0.2, 0.25) is 0 Å². The van der Waals surface area contributed by atoms with Crippen LogP contribution in [-0.4, -0.2) is 55.5 Å². The lowest BCUT2D eigenvalue weighted by atomic mass is 10.0. The third-order valence-electron chi connectivity index (χ3n) is 6.29. The van der Waals surface area contributed by atoms with Gasteiger partial charge in [-0.25, -0.2) is 19.3 Å². The van der Waals surface area contributed by atoms with E-state index in [1.165, 1.54) is 6.07 Å². The molecule has 0 amide bonds. The standard InChI is InChI=1S/C28H28FN7O/c29-21-5-1-4-20(16-21)25-8-3-14-36(25)26(30)9-10-27-33-18-24(35-27)23-7-2-6-22(34-23)19-11-12-31-28(17-19)32-13-15-37/h1-2,4-7,9-12,16-18,25,30,37H,3,8,13-15H2,(H,31,32)(H,33,35)/b10-9-,30-26?/t25-/m1/s1. The molecule has 0 aliphatic carbocycles. The number of aliphatic hydroxyl groups is 1. The number of hydrogen-bond donors (Lipinski definition) is 4. The van der Waals surface area contributed by atoms with Gasteiger partial charge in [-0.1, -0.05) is 18.2 Å². The predicted octanol–water partition coefficient (Wildman–Crippen LogP) is 4.90. The second kappa shape index (κ2) is 11.1. The van der Waals surface area contributed by atoms with Crippen LogP contribution < -0.4 is 5.32 Å². The van der Waals surface area contributed by atoms with Crippen molar-refractivity contribution in [1.29, 1.82) is 5.41 Å². The molecule has 1 aromatic carbocycles. The fourth-order valence-electron chi connectivity index (χ4n) is 4.54. The minimum atomic E-state index is -0.255.